The number of hydrogen-bond acceptors (Lipinski definition) is 6. The first-order valence-electron chi connectivity index (χ1n) is 10.7. The third-order valence-corrected chi connectivity index (χ3v) is 6.23. The number of fused-ring (bicyclic) bond motifs is 3. The Bertz CT molecular complexity index is 1190. The maximum atomic E-state index is 14.8. The molecule has 1 saturated carbocycles. The number of aromatic nitrogens is 4. The molecule has 0 radical (unpaired) electrons. The molecule has 7 nitrogen and oxygen atoms in total. The van der Waals surface area contributed by atoms with E-state index < -0.39 is 23.7 Å². The van der Waals surface area contributed by atoms with Crippen molar-refractivity contribution >= 4 is 5.91 Å². The molecule has 1 amide bonds. The average Bonchev–Trinajstić information content (AvgIpc) is 2.84. The second-order valence-corrected chi connectivity index (χ2v) is 8.35. The molecule has 3 aromatic rings. The van der Waals surface area contributed by atoms with Crippen molar-refractivity contribution < 1.29 is 27.1 Å². The van der Waals surface area contributed by atoms with Gasteiger partial charge in [-0.25, -0.2) is 24.3 Å². The molecule has 11 heteroatoms. The van der Waals surface area contributed by atoms with E-state index in [1.165, 1.54) is 30.6 Å². The van der Waals surface area contributed by atoms with Gasteiger partial charge in [0.1, 0.15) is 11.9 Å². The summed E-state index contributed by atoms with van der Waals surface area (Å²) in [5.74, 6) is -0.737. The van der Waals surface area contributed by atoms with Crippen molar-refractivity contribution in [2.45, 2.75) is 37.6 Å². The summed E-state index contributed by atoms with van der Waals surface area (Å²) in [5.41, 5.74) is -0.801. The number of hydrogen-bond donors (Lipinski definition) is 0. The number of rotatable bonds is 4. The normalized spacial score (nSPS) is 22.0. The maximum Gasteiger partial charge on any atom is 0.419 e. The van der Waals surface area contributed by atoms with Crippen LogP contribution < -0.4 is 4.74 Å². The van der Waals surface area contributed by atoms with Gasteiger partial charge in [-0.15, -0.1) is 0 Å². The van der Waals surface area contributed by atoms with Gasteiger partial charge in [-0.2, -0.15) is 13.2 Å². The molecular formula is C23H19F4N5O2. The Labute approximate surface area is 191 Å². The van der Waals surface area contributed by atoms with E-state index in [1.807, 2.05) is 0 Å². The van der Waals surface area contributed by atoms with Gasteiger partial charge < -0.3 is 9.64 Å². The van der Waals surface area contributed by atoms with Gasteiger partial charge in [0.2, 0.25) is 0 Å². The summed E-state index contributed by atoms with van der Waals surface area (Å²) in [5, 5.41) is 0. The molecule has 3 atom stereocenters. The van der Waals surface area contributed by atoms with Gasteiger partial charge in [0.15, 0.2) is 5.82 Å². The first-order chi connectivity index (χ1) is 16.3. The van der Waals surface area contributed by atoms with Crippen molar-refractivity contribution in [3.05, 3.63) is 66.0 Å². The summed E-state index contributed by atoms with van der Waals surface area (Å²) < 4.78 is 58.9. The van der Waals surface area contributed by atoms with Crippen LogP contribution in [0.2, 0.25) is 0 Å². The lowest BCUT2D eigenvalue weighted by Crippen LogP contribution is -2.59. The lowest BCUT2D eigenvalue weighted by molar-refractivity contribution is -0.138. The van der Waals surface area contributed by atoms with E-state index in [-0.39, 0.29) is 40.8 Å². The number of ether oxygens (including phenoxy) is 1. The summed E-state index contributed by atoms with van der Waals surface area (Å²) in [7, 11) is 0. The molecule has 176 valence electrons. The molecule has 1 aromatic carbocycles. The first-order valence-corrected chi connectivity index (χ1v) is 10.7. The van der Waals surface area contributed by atoms with E-state index in [4.69, 9.17) is 4.74 Å². The molecule has 0 N–H and O–H groups in total. The minimum Gasteiger partial charge on any atom is -0.458 e. The zero-order valence-corrected chi connectivity index (χ0v) is 17.7. The Hall–Kier alpha value is -3.63. The molecule has 34 heavy (non-hydrogen) atoms. The first kappa shape index (κ1) is 22.2. The monoisotopic (exact) mass is 473 g/mol. The van der Waals surface area contributed by atoms with Crippen LogP contribution in [0, 0.1) is 11.7 Å². The van der Waals surface area contributed by atoms with E-state index in [1.54, 1.807) is 11.0 Å². The Balaban J connectivity index is 1.40. The third-order valence-electron chi connectivity index (χ3n) is 6.23. The highest BCUT2D eigenvalue weighted by Crippen LogP contribution is 2.39. The fraction of sp³-hybridized carbons (Fsp3) is 0.348. The number of piperidine rings is 2. The highest BCUT2D eigenvalue weighted by molar-refractivity contribution is 6.00. The van der Waals surface area contributed by atoms with Gasteiger partial charge >= 0.3 is 12.2 Å². The SMILES string of the molecule is O=C(c1cccc(F)c1-c1ncccn1)N1C[C@H]2CC[C@H]1[C@H](Oc1ncc(C(F)(F)F)cn1)C2. The Morgan fingerprint density at radius 2 is 1.76 bits per heavy atom. The van der Waals surface area contributed by atoms with Crippen LogP contribution >= 0.6 is 0 Å². The topological polar surface area (TPSA) is 81.1 Å². The van der Waals surface area contributed by atoms with Crippen LogP contribution in [-0.4, -0.2) is 49.4 Å². The quantitative estimate of drug-likeness (QED) is 0.530. The largest absolute Gasteiger partial charge is 0.458 e. The highest BCUT2D eigenvalue weighted by atomic mass is 19.4. The zero-order chi connectivity index (χ0) is 23.9. The van der Waals surface area contributed by atoms with Gasteiger partial charge in [-0.1, -0.05) is 6.07 Å². The van der Waals surface area contributed by atoms with Crippen LogP contribution in [0.5, 0.6) is 6.01 Å². The van der Waals surface area contributed by atoms with E-state index in [0.717, 1.165) is 6.42 Å². The standard InChI is InChI=1S/C23H19F4N5O2/c24-16-4-1-3-15(19(16)20-28-7-2-8-29-20)21(33)32-12-13-5-6-17(32)18(9-13)34-22-30-10-14(11-31-22)23(25,26)27/h1-4,7-8,10-11,13,17-18H,5-6,9,12H2/t13-,17-,18+/m0/s1. The zero-order valence-electron chi connectivity index (χ0n) is 17.7. The molecule has 0 spiro atoms. The second-order valence-electron chi connectivity index (χ2n) is 8.35. The van der Waals surface area contributed by atoms with Crippen molar-refractivity contribution in [1.29, 1.82) is 0 Å². The summed E-state index contributed by atoms with van der Waals surface area (Å²) in [4.78, 5) is 30.8. The molecule has 2 bridgehead atoms. The molecule has 1 aliphatic carbocycles. The lowest BCUT2D eigenvalue weighted by atomic mass is 9.77. The highest BCUT2D eigenvalue weighted by Gasteiger charge is 2.45. The van der Waals surface area contributed by atoms with Gasteiger partial charge in [0.25, 0.3) is 5.91 Å². The molecule has 3 aliphatic rings. The minimum absolute atomic E-state index is 0.0260. The number of alkyl halides is 3. The Morgan fingerprint density at radius 1 is 1.03 bits per heavy atom. The molecule has 2 aliphatic heterocycles. The molecule has 6 rings (SSSR count). The third kappa shape index (κ3) is 4.17. The van der Waals surface area contributed by atoms with Crippen molar-refractivity contribution in [2.75, 3.05) is 6.54 Å². The predicted molar refractivity (Wildman–Crippen MR) is 111 cm³/mol. The summed E-state index contributed by atoms with van der Waals surface area (Å²) in [6.45, 7) is 0.475. The molecular weight excluding hydrogens is 454 g/mol. The number of carbonyl (C=O) groups is 1. The van der Waals surface area contributed by atoms with E-state index in [2.05, 4.69) is 19.9 Å². The summed E-state index contributed by atoms with van der Waals surface area (Å²) >= 11 is 0. The van der Waals surface area contributed by atoms with Gasteiger partial charge in [-0.3, -0.25) is 4.79 Å². The number of carbonyl (C=O) groups excluding carboxylic acids is 1. The maximum absolute atomic E-state index is 14.8. The number of halogens is 4. The van der Waals surface area contributed by atoms with Crippen LogP contribution in [0.3, 0.4) is 0 Å². The van der Waals surface area contributed by atoms with E-state index in [9.17, 15) is 22.4 Å². The van der Waals surface area contributed by atoms with Gasteiger partial charge in [0.05, 0.1) is 22.7 Å². The molecule has 3 fully saturated rings. The van der Waals surface area contributed by atoms with Crippen LogP contribution in [0.25, 0.3) is 11.4 Å². The van der Waals surface area contributed by atoms with Gasteiger partial charge in [0, 0.05) is 31.3 Å². The van der Waals surface area contributed by atoms with Gasteiger partial charge in [-0.05, 0) is 43.4 Å². The number of benzene rings is 1. The fourth-order valence-electron chi connectivity index (χ4n) is 4.66. The molecule has 4 heterocycles. The van der Waals surface area contributed by atoms with Crippen LogP contribution in [0.15, 0.2) is 49.1 Å². The van der Waals surface area contributed by atoms with E-state index in [0.29, 0.717) is 31.8 Å². The van der Waals surface area contributed by atoms with Crippen molar-refractivity contribution in [2.24, 2.45) is 5.92 Å². The summed E-state index contributed by atoms with van der Waals surface area (Å²) in [6, 6.07) is 5.31. The van der Waals surface area contributed by atoms with Crippen molar-refractivity contribution in [3.8, 4) is 17.4 Å². The number of nitrogens with zero attached hydrogens (tertiary/aromatic N) is 5. The van der Waals surface area contributed by atoms with Crippen LogP contribution in [0.1, 0.15) is 35.2 Å². The van der Waals surface area contributed by atoms with E-state index >= 15 is 0 Å². The van der Waals surface area contributed by atoms with Crippen molar-refractivity contribution in [1.82, 2.24) is 24.8 Å². The fourth-order valence-corrected chi connectivity index (χ4v) is 4.66. The predicted octanol–water partition coefficient (Wildman–Crippen LogP) is 4.16. The lowest BCUT2D eigenvalue weighted by Gasteiger charge is -2.49. The molecule has 2 saturated heterocycles. The van der Waals surface area contributed by atoms with Crippen LogP contribution in [-0.2, 0) is 6.18 Å². The van der Waals surface area contributed by atoms with Crippen LogP contribution in [0.4, 0.5) is 17.6 Å². The number of amides is 1. The smallest absolute Gasteiger partial charge is 0.419 e. The molecule has 0 unspecified atom stereocenters. The molecule has 2 aromatic heterocycles. The summed E-state index contributed by atoms with van der Waals surface area (Å²) in [6.07, 6.45) is 1.41. The Kier molecular flexibility index (Phi) is 5.62. The minimum atomic E-state index is -4.54. The van der Waals surface area contributed by atoms with Crippen molar-refractivity contribution in [3.63, 3.8) is 0 Å². The average molecular weight is 473 g/mol. The second kappa shape index (κ2) is 8.62. The Morgan fingerprint density at radius 3 is 2.44 bits per heavy atom.